The zero-order valence-electron chi connectivity index (χ0n) is 32.3. The van der Waals surface area contributed by atoms with Gasteiger partial charge in [-0.3, -0.25) is 14.2 Å². The third-order valence-electron chi connectivity index (χ3n) is 7.85. The van der Waals surface area contributed by atoms with E-state index >= 15 is 0 Å². The van der Waals surface area contributed by atoms with E-state index in [1.165, 1.54) is 44.9 Å². The molecule has 0 spiro atoms. The average Bonchev–Trinajstić information content (AvgIpc) is 3.06. The minimum atomic E-state index is -4.62. The molecule has 0 fully saturated rings. The summed E-state index contributed by atoms with van der Waals surface area (Å²) in [6.45, 7) is 4.08. The number of esters is 2. The third-order valence-corrected chi connectivity index (χ3v) is 8.82. The van der Waals surface area contributed by atoms with Crippen LogP contribution >= 0.6 is 7.82 Å². The lowest BCUT2D eigenvalue weighted by Gasteiger charge is -2.28. The molecule has 0 saturated heterocycles. The first kappa shape index (κ1) is 48.0. The number of likely N-dealkylation sites (N-methyl/N-ethyl adjacent to an activating group) is 1. The number of hydrogen-bond donors (Lipinski definition) is 0. The molecule has 9 nitrogen and oxygen atoms in total. The van der Waals surface area contributed by atoms with Crippen molar-refractivity contribution >= 4 is 19.8 Å². The minimum absolute atomic E-state index is 0.0385. The number of quaternary nitrogens is 1. The molecule has 1 unspecified atom stereocenters. The summed E-state index contributed by atoms with van der Waals surface area (Å²) in [7, 11) is 1.13. The van der Waals surface area contributed by atoms with Crippen molar-refractivity contribution in [2.24, 2.45) is 0 Å². The minimum Gasteiger partial charge on any atom is -0.756 e. The van der Waals surface area contributed by atoms with E-state index in [9.17, 15) is 19.0 Å². The Hall–Kier alpha value is -2.03. The number of allylic oxidation sites excluding steroid dienone is 8. The van der Waals surface area contributed by atoms with Crippen LogP contribution < -0.4 is 4.89 Å². The molecule has 10 heteroatoms. The van der Waals surface area contributed by atoms with Gasteiger partial charge in [-0.05, 0) is 57.8 Å². The van der Waals surface area contributed by atoms with Gasteiger partial charge in [-0.15, -0.1) is 0 Å². The van der Waals surface area contributed by atoms with Crippen LogP contribution in [-0.2, 0) is 32.7 Å². The number of phosphoric acid groups is 1. The molecular weight excluding hydrogens is 653 g/mol. The van der Waals surface area contributed by atoms with Crippen LogP contribution in [0.2, 0.25) is 0 Å². The first-order chi connectivity index (χ1) is 24.0. The summed E-state index contributed by atoms with van der Waals surface area (Å²) < 4.78 is 33.6. The van der Waals surface area contributed by atoms with E-state index in [1.54, 1.807) is 0 Å². The van der Waals surface area contributed by atoms with E-state index in [0.29, 0.717) is 17.4 Å². The van der Waals surface area contributed by atoms with Gasteiger partial charge in [0.15, 0.2) is 6.10 Å². The number of carbonyl (C=O) groups is 2. The highest BCUT2D eigenvalue weighted by atomic mass is 31.2. The van der Waals surface area contributed by atoms with Crippen LogP contribution in [0.15, 0.2) is 48.6 Å². The predicted octanol–water partition coefficient (Wildman–Crippen LogP) is 9.72. The first-order valence-corrected chi connectivity index (χ1v) is 20.8. The number of unbranched alkanes of at least 4 members (excludes halogenated alkanes) is 12. The molecule has 0 radical (unpaired) electrons. The largest absolute Gasteiger partial charge is 0.756 e. The van der Waals surface area contributed by atoms with Gasteiger partial charge in [-0.1, -0.05) is 120 Å². The lowest BCUT2D eigenvalue weighted by Crippen LogP contribution is -2.37. The monoisotopic (exact) mass is 725 g/mol. The summed E-state index contributed by atoms with van der Waals surface area (Å²) in [5.74, 6) is -0.882. The zero-order chi connectivity index (χ0) is 37.2. The summed E-state index contributed by atoms with van der Waals surface area (Å²) in [4.78, 5) is 37.2. The van der Waals surface area contributed by atoms with Gasteiger partial charge in [-0.2, -0.15) is 0 Å². The summed E-state index contributed by atoms with van der Waals surface area (Å²) in [6.07, 6.45) is 35.9. The van der Waals surface area contributed by atoms with E-state index in [0.717, 1.165) is 64.2 Å². The molecule has 0 rings (SSSR count). The van der Waals surface area contributed by atoms with E-state index in [-0.39, 0.29) is 26.1 Å². The molecule has 50 heavy (non-hydrogen) atoms. The number of phosphoric ester groups is 1. The number of hydrogen-bond acceptors (Lipinski definition) is 8. The SMILES string of the molecule is CCCCC/C=C/C/C=C/C/C=C/C/C=C/CCCCCC(=O)O[C@H](COC(=O)CCCCCCCCC)COP(=O)([O-])OCC[N+](C)(C)C. The number of carbonyl (C=O) groups excluding carboxylic acids is 2. The van der Waals surface area contributed by atoms with E-state index < -0.39 is 32.5 Å². The summed E-state index contributed by atoms with van der Waals surface area (Å²) in [6, 6.07) is 0. The fourth-order valence-electron chi connectivity index (χ4n) is 4.75. The van der Waals surface area contributed by atoms with Gasteiger partial charge >= 0.3 is 11.9 Å². The van der Waals surface area contributed by atoms with E-state index in [4.69, 9.17) is 18.5 Å². The molecule has 0 heterocycles. The lowest BCUT2D eigenvalue weighted by atomic mass is 10.1. The van der Waals surface area contributed by atoms with Crippen molar-refractivity contribution in [1.82, 2.24) is 0 Å². The molecule has 0 saturated carbocycles. The highest BCUT2D eigenvalue weighted by Crippen LogP contribution is 2.38. The van der Waals surface area contributed by atoms with Crippen molar-refractivity contribution in [3.63, 3.8) is 0 Å². The molecule has 0 bridgehead atoms. The lowest BCUT2D eigenvalue weighted by molar-refractivity contribution is -0.870. The van der Waals surface area contributed by atoms with Crippen molar-refractivity contribution in [2.45, 2.75) is 148 Å². The number of rotatable bonds is 34. The van der Waals surface area contributed by atoms with Crippen LogP contribution in [0.5, 0.6) is 0 Å². The molecular formula is C40H72NO8P. The highest BCUT2D eigenvalue weighted by molar-refractivity contribution is 7.45. The molecule has 0 aromatic rings. The van der Waals surface area contributed by atoms with Gasteiger partial charge in [-0.25, -0.2) is 0 Å². The quantitative estimate of drug-likeness (QED) is 0.0212. The van der Waals surface area contributed by atoms with Gasteiger partial charge in [0.1, 0.15) is 19.8 Å². The maximum absolute atomic E-state index is 12.6. The van der Waals surface area contributed by atoms with Crippen LogP contribution in [0.4, 0.5) is 0 Å². The van der Waals surface area contributed by atoms with Gasteiger partial charge in [0.2, 0.25) is 0 Å². The fraction of sp³-hybridized carbons (Fsp3) is 0.750. The maximum Gasteiger partial charge on any atom is 0.306 e. The van der Waals surface area contributed by atoms with E-state index in [1.807, 2.05) is 21.1 Å². The van der Waals surface area contributed by atoms with Crippen LogP contribution in [0.3, 0.4) is 0 Å². The molecule has 0 aliphatic carbocycles. The molecule has 0 aromatic carbocycles. The molecule has 0 aromatic heterocycles. The zero-order valence-corrected chi connectivity index (χ0v) is 33.2. The summed E-state index contributed by atoms with van der Waals surface area (Å²) >= 11 is 0. The second-order valence-electron chi connectivity index (χ2n) is 13.9. The standard InChI is InChI=1S/C40H72NO8P/c1-6-8-10-12-14-15-16-17-18-19-20-21-22-23-24-25-27-29-31-33-40(43)49-38(37-48-50(44,45)47-35-34-41(3,4)5)36-46-39(42)32-30-28-26-13-11-9-7-2/h14-15,17-18,20-21,23-24,38H,6-13,16,19,22,25-37H2,1-5H3/b15-14+,18-17+,21-20+,24-23+/t38-/m1/s1. The van der Waals surface area contributed by atoms with Crippen molar-refractivity contribution < 1.29 is 42.1 Å². The van der Waals surface area contributed by atoms with Crippen LogP contribution in [-0.4, -0.2) is 70.0 Å². The second-order valence-corrected chi connectivity index (χ2v) is 15.4. The Morgan fingerprint density at radius 3 is 1.64 bits per heavy atom. The molecule has 290 valence electrons. The van der Waals surface area contributed by atoms with Crippen molar-refractivity contribution in [3.05, 3.63) is 48.6 Å². The number of ether oxygens (including phenoxy) is 2. The topological polar surface area (TPSA) is 111 Å². The van der Waals surface area contributed by atoms with Crippen LogP contribution in [0.25, 0.3) is 0 Å². The Morgan fingerprint density at radius 1 is 0.620 bits per heavy atom. The van der Waals surface area contributed by atoms with Gasteiger partial charge in [0.25, 0.3) is 7.82 Å². The second kappa shape index (κ2) is 32.8. The van der Waals surface area contributed by atoms with Crippen LogP contribution in [0.1, 0.15) is 142 Å². The van der Waals surface area contributed by atoms with Crippen molar-refractivity contribution in [1.29, 1.82) is 0 Å². The number of nitrogens with zero attached hydrogens (tertiary/aromatic N) is 1. The average molecular weight is 726 g/mol. The van der Waals surface area contributed by atoms with E-state index in [2.05, 4.69) is 62.5 Å². The Balaban J connectivity index is 4.43. The Labute approximate surface area is 305 Å². The first-order valence-electron chi connectivity index (χ1n) is 19.3. The maximum atomic E-state index is 12.6. The van der Waals surface area contributed by atoms with Gasteiger partial charge < -0.3 is 27.9 Å². The Kier molecular flexibility index (Phi) is 31.5. The Morgan fingerprint density at radius 2 is 1.08 bits per heavy atom. The summed E-state index contributed by atoms with van der Waals surface area (Å²) in [5, 5.41) is 0. The van der Waals surface area contributed by atoms with Crippen molar-refractivity contribution in [2.75, 3.05) is 47.5 Å². The molecule has 0 amide bonds. The third kappa shape index (κ3) is 35.8. The molecule has 0 N–H and O–H groups in total. The fourth-order valence-corrected chi connectivity index (χ4v) is 5.48. The normalized spacial score (nSPS) is 14.3. The molecule has 2 atom stereocenters. The van der Waals surface area contributed by atoms with Crippen molar-refractivity contribution in [3.8, 4) is 0 Å². The highest BCUT2D eigenvalue weighted by Gasteiger charge is 2.21. The Bertz CT molecular complexity index is 1000. The molecule has 0 aliphatic rings. The predicted molar refractivity (Wildman–Crippen MR) is 203 cm³/mol. The van der Waals surface area contributed by atoms with Gasteiger partial charge in [0.05, 0.1) is 27.7 Å². The summed E-state index contributed by atoms with van der Waals surface area (Å²) in [5.41, 5.74) is 0. The van der Waals surface area contributed by atoms with Crippen LogP contribution in [0, 0.1) is 0 Å². The smallest absolute Gasteiger partial charge is 0.306 e. The molecule has 0 aliphatic heterocycles. The van der Waals surface area contributed by atoms with Gasteiger partial charge in [0, 0.05) is 12.8 Å².